The quantitative estimate of drug-likeness (QED) is 0.787. The van der Waals surface area contributed by atoms with Crippen molar-refractivity contribution in [3.8, 4) is 11.5 Å². The molecule has 0 bridgehead atoms. The molecule has 20 heavy (non-hydrogen) atoms. The molecule has 102 valence electrons. The van der Waals surface area contributed by atoms with Crippen molar-refractivity contribution in [3.63, 3.8) is 0 Å². The Balaban J connectivity index is 1.95. The molecule has 0 aliphatic carbocycles. The molecule has 3 rings (SSSR count). The van der Waals surface area contributed by atoms with E-state index in [0.717, 1.165) is 10.9 Å². The van der Waals surface area contributed by atoms with Gasteiger partial charge in [0.05, 0.1) is 6.54 Å². The second kappa shape index (κ2) is 5.43. The van der Waals surface area contributed by atoms with Gasteiger partial charge in [0.1, 0.15) is 0 Å². The number of benzene rings is 2. The van der Waals surface area contributed by atoms with Crippen LogP contribution in [0.1, 0.15) is 19.7 Å². The number of rotatable bonds is 4. The number of nitrogens with one attached hydrogen (secondary N) is 1. The van der Waals surface area contributed by atoms with Gasteiger partial charge in [-0.3, -0.25) is 0 Å². The van der Waals surface area contributed by atoms with Crippen molar-refractivity contribution in [1.29, 1.82) is 0 Å². The molecular weight excluding hydrogens is 250 g/mol. The molecule has 0 saturated carbocycles. The second-order valence-corrected chi connectivity index (χ2v) is 5.06. The summed E-state index contributed by atoms with van der Waals surface area (Å²) in [4.78, 5) is 0. The number of fused-ring (bicyclic) bond motifs is 1. The van der Waals surface area contributed by atoms with Gasteiger partial charge in [-0.05, 0) is 16.8 Å². The average molecular weight is 267 g/mol. The lowest BCUT2D eigenvalue weighted by Gasteiger charge is -2.04. The zero-order valence-electron chi connectivity index (χ0n) is 11.6. The molecule has 0 aliphatic heterocycles. The number of hydrogen-bond acceptors (Lipinski definition) is 4. The van der Waals surface area contributed by atoms with Gasteiger partial charge in [0.2, 0.25) is 11.8 Å². The summed E-state index contributed by atoms with van der Waals surface area (Å²) in [5, 5.41) is 13.8. The highest BCUT2D eigenvalue weighted by Crippen LogP contribution is 2.27. The van der Waals surface area contributed by atoms with Crippen LogP contribution in [0, 0.1) is 0 Å². The first-order valence-corrected chi connectivity index (χ1v) is 6.78. The van der Waals surface area contributed by atoms with Gasteiger partial charge in [-0.2, -0.15) is 0 Å². The van der Waals surface area contributed by atoms with Crippen LogP contribution in [0.15, 0.2) is 46.9 Å². The van der Waals surface area contributed by atoms with Crippen molar-refractivity contribution in [3.05, 3.63) is 48.4 Å². The molecular formula is C16H17N3O. The third kappa shape index (κ3) is 2.56. The predicted octanol–water partition coefficient (Wildman–Crippen LogP) is 3.39. The lowest BCUT2D eigenvalue weighted by molar-refractivity contribution is 0.459. The first kappa shape index (κ1) is 12.8. The lowest BCUT2D eigenvalue weighted by Crippen LogP contribution is -2.21. The monoisotopic (exact) mass is 267 g/mol. The van der Waals surface area contributed by atoms with Crippen molar-refractivity contribution in [2.24, 2.45) is 0 Å². The molecule has 0 atom stereocenters. The molecule has 1 aromatic heterocycles. The van der Waals surface area contributed by atoms with Gasteiger partial charge >= 0.3 is 0 Å². The smallest absolute Gasteiger partial charge is 0.248 e. The predicted molar refractivity (Wildman–Crippen MR) is 79.2 cm³/mol. The highest BCUT2D eigenvalue weighted by molar-refractivity contribution is 5.94. The Labute approximate surface area is 117 Å². The van der Waals surface area contributed by atoms with E-state index in [1.54, 1.807) is 0 Å². The molecule has 0 fully saturated rings. The maximum absolute atomic E-state index is 5.74. The summed E-state index contributed by atoms with van der Waals surface area (Å²) in [6.45, 7) is 4.76. The van der Waals surface area contributed by atoms with Crippen LogP contribution in [0.2, 0.25) is 0 Å². The van der Waals surface area contributed by atoms with Gasteiger partial charge < -0.3 is 9.73 Å². The Morgan fingerprint density at radius 2 is 1.85 bits per heavy atom. The van der Waals surface area contributed by atoms with Crippen molar-refractivity contribution in [1.82, 2.24) is 15.5 Å². The fraction of sp³-hybridized carbons (Fsp3) is 0.250. The third-order valence-electron chi connectivity index (χ3n) is 3.15. The normalized spacial score (nSPS) is 11.3. The molecule has 4 heteroatoms. The summed E-state index contributed by atoms with van der Waals surface area (Å²) in [5.41, 5.74) is 0.978. The molecule has 0 spiro atoms. The Kier molecular flexibility index (Phi) is 3.48. The van der Waals surface area contributed by atoms with Gasteiger partial charge in [-0.1, -0.05) is 50.2 Å². The van der Waals surface area contributed by atoms with E-state index in [2.05, 4.69) is 47.6 Å². The molecule has 0 radical (unpaired) electrons. The van der Waals surface area contributed by atoms with Gasteiger partial charge in [0, 0.05) is 11.6 Å². The topological polar surface area (TPSA) is 51.0 Å². The maximum Gasteiger partial charge on any atom is 0.248 e. The van der Waals surface area contributed by atoms with E-state index >= 15 is 0 Å². The Morgan fingerprint density at radius 1 is 1.05 bits per heavy atom. The molecule has 0 unspecified atom stereocenters. The van der Waals surface area contributed by atoms with Gasteiger partial charge in [-0.25, -0.2) is 0 Å². The van der Waals surface area contributed by atoms with Crippen LogP contribution in [0.5, 0.6) is 0 Å². The van der Waals surface area contributed by atoms with Crippen molar-refractivity contribution in [2.45, 2.75) is 26.4 Å². The summed E-state index contributed by atoms with van der Waals surface area (Å²) in [6.07, 6.45) is 0. The van der Waals surface area contributed by atoms with E-state index < -0.39 is 0 Å². The van der Waals surface area contributed by atoms with Crippen molar-refractivity contribution >= 4 is 10.8 Å². The molecule has 0 aliphatic rings. The molecule has 4 nitrogen and oxygen atoms in total. The van der Waals surface area contributed by atoms with Crippen LogP contribution in [0.25, 0.3) is 22.2 Å². The minimum atomic E-state index is 0.392. The lowest BCUT2D eigenvalue weighted by atomic mass is 10.0. The SMILES string of the molecule is CC(C)NCc1nnc(-c2cccc3ccccc23)o1. The van der Waals surface area contributed by atoms with Gasteiger partial charge in [0.25, 0.3) is 0 Å². The highest BCUT2D eigenvalue weighted by Gasteiger charge is 2.11. The summed E-state index contributed by atoms with van der Waals surface area (Å²) >= 11 is 0. The van der Waals surface area contributed by atoms with Crippen LogP contribution in [-0.4, -0.2) is 16.2 Å². The zero-order valence-corrected chi connectivity index (χ0v) is 11.6. The Morgan fingerprint density at radius 3 is 2.70 bits per heavy atom. The van der Waals surface area contributed by atoms with Crippen LogP contribution in [0.3, 0.4) is 0 Å². The summed E-state index contributed by atoms with van der Waals surface area (Å²) in [7, 11) is 0. The largest absolute Gasteiger partial charge is 0.419 e. The minimum Gasteiger partial charge on any atom is -0.419 e. The van der Waals surface area contributed by atoms with Gasteiger partial charge in [-0.15, -0.1) is 10.2 Å². The van der Waals surface area contributed by atoms with Crippen LogP contribution in [-0.2, 0) is 6.54 Å². The highest BCUT2D eigenvalue weighted by atomic mass is 16.4. The second-order valence-electron chi connectivity index (χ2n) is 5.06. The number of hydrogen-bond donors (Lipinski definition) is 1. The molecule has 1 heterocycles. The fourth-order valence-corrected chi connectivity index (χ4v) is 2.14. The summed E-state index contributed by atoms with van der Waals surface area (Å²) in [6, 6.07) is 14.7. The van der Waals surface area contributed by atoms with Crippen molar-refractivity contribution in [2.75, 3.05) is 0 Å². The Hall–Kier alpha value is -2.20. The number of aromatic nitrogens is 2. The van der Waals surface area contributed by atoms with Crippen LogP contribution in [0.4, 0.5) is 0 Å². The van der Waals surface area contributed by atoms with E-state index in [4.69, 9.17) is 4.42 Å². The fourth-order valence-electron chi connectivity index (χ4n) is 2.14. The third-order valence-corrected chi connectivity index (χ3v) is 3.15. The first-order chi connectivity index (χ1) is 9.74. The van der Waals surface area contributed by atoms with Crippen LogP contribution >= 0.6 is 0 Å². The first-order valence-electron chi connectivity index (χ1n) is 6.78. The molecule has 0 saturated heterocycles. The molecule has 1 N–H and O–H groups in total. The van der Waals surface area contributed by atoms with E-state index in [-0.39, 0.29) is 0 Å². The zero-order chi connectivity index (χ0) is 13.9. The van der Waals surface area contributed by atoms with E-state index in [9.17, 15) is 0 Å². The molecule has 2 aromatic carbocycles. The standard InChI is InChI=1S/C16H17N3O/c1-11(2)17-10-15-18-19-16(20-15)14-9-5-7-12-6-3-4-8-13(12)14/h3-9,11,17H,10H2,1-2H3. The average Bonchev–Trinajstić information content (AvgIpc) is 2.93. The molecule has 3 aromatic rings. The summed E-state index contributed by atoms with van der Waals surface area (Å²) < 4.78 is 5.74. The summed E-state index contributed by atoms with van der Waals surface area (Å²) in [5.74, 6) is 1.18. The van der Waals surface area contributed by atoms with Gasteiger partial charge in [0.15, 0.2) is 0 Å². The maximum atomic E-state index is 5.74. The van der Waals surface area contributed by atoms with Crippen molar-refractivity contribution < 1.29 is 4.42 Å². The van der Waals surface area contributed by atoms with Crippen LogP contribution < -0.4 is 5.32 Å². The Bertz CT molecular complexity index is 713. The number of nitrogens with zero attached hydrogens (tertiary/aromatic N) is 2. The van der Waals surface area contributed by atoms with E-state index in [0.29, 0.717) is 24.4 Å². The molecule has 0 amide bonds. The van der Waals surface area contributed by atoms with E-state index in [1.807, 2.05) is 24.3 Å². The minimum absolute atomic E-state index is 0.392. The van der Waals surface area contributed by atoms with E-state index in [1.165, 1.54) is 5.39 Å².